The molecule has 5 heteroatoms. The Balaban J connectivity index is 2.27. The third kappa shape index (κ3) is 6.57. The van der Waals surface area contributed by atoms with Crippen LogP contribution in [0.15, 0.2) is 18.2 Å². The second kappa shape index (κ2) is 8.48. The molecule has 0 bridgehead atoms. The van der Waals surface area contributed by atoms with Gasteiger partial charge in [-0.1, -0.05) is 19.9 Å². The van der Waals surface area contributed by atoms with Gasteiger partial charge in [-0.2, -0.15) is 0 Å². The molecule has 1 amide bonds. The smallest absolute Gasteiger partial charge is 0.412 e. The van der Waals surface area contributed by atoms with E-state index in [0.29, 0.717) is 24.2 Å². The summed E-state index contributed by atoms with van der Waals surface area (Å²) in [5.41, 5.74) is -5.00. The molecule has 1 aromatic heterocycles. The topological polar surface area (TPSA) is 63.2 Å². The number of carbonyl (C=O) groups is 1. The Hall–Kier alpha value is -1.88. The number of piperidine rings is 1. The molecule has 1 aliphatic carbocycles. The van der Waals surface area contributed by atoms with Crippen LogP contribution in [-0.2, 0) is 4.74 Å². The predicted octanol–water partition coefficient (Wildman–Crippen LogP) is 7.05. The zero-order valence-electron chi connectivity index (χ0n) is 31.6. The highest BCUT2D eigenvalue weighted by molar-refractivity contribution is 5.89. The zero-order valence-corrected chi connectivity index (χ0v) is 19.6. The van der Waals surface area contributed by atoms with Crippen LogP contribution < -0.4 is 10.6 Å². The molecule has 1 aromatic rings. The first kappa shape index (κ1) is 13.1. The lowest BCUT2D eigenvalue weighted by Gasteiger charge is -2.46. The van der Waals surface area contributed by atoms with Crippen LogP contribution >= 0.6 is 0 Å². The highest BCUT2D eigenvalue weighted by Gasteiger charge is 2.39. The molecule has 2 N–H and O–H groups in total. The van der Waals surface area contributed by atoms with E-state index in [0.717, 1.165) is 12.0 Å². The van der Waals surface area contributed by atoms with Crippen molar-refractivity contribution >= 4 is 17.4 Å². The molecular weight excluding hydrogens is 398 g/mol. The lowest BCUT2D eigenvalue weighted by molar-refractivity contribution is 0.0636. The molecule has 3 rings (SSSR count). The van der Waals surface area contributed by atoms with Crippen LogP contribution in [0.2, 0.25) is 0 Å². The summed E-state index contributed by atoms with van der Waals surface area (Å²) in [5, 5.41) is 4.93. The number of aromatic nitrogens is 1. The third-order valence-corrected chi connectivity index (χ3v) is 5.78. The molecule has 0 saturated carbocycles. The Morgan fingerprint density at radius 3 is 2.38 bits per heavy atom. The monoisotopic (exact) mass is 453 g/mol. The summed E-state index contributed by atoms with van der Waals surface area (Å²) in [5.74, 6) is -1.20. The van der Waals surface area contributed by atoms with Gasteiger partial charge in [0.05, 0.1) is 11.4 Å². The summed E-state index contributed by atoms with van der Waals surface area (Å²) < 4.78 is 104. The van der Waals surface area contributed by atoms with Gasteiger partial charge in [-0.05, 0) is 103 Å². The van der Waals surface area contributed by atoms with Crippen molar-refractivity contribution < 1.29 is 26.0 Å². The molecule has 1 saturated heterocycles. The standard InChI is InChI=1S/C27H43N3O2/c1-24(2,3)32-23(31)29-21-11-10-20(19-16-26(6,7)30-27(8,9)17-19)28-22(21)18-12-14-25(4,5)15-13-18/h10-12,19,30H,13-17H2,1-9H3,(H,29,31)/i6D3,7D3,8D3,9D3. The van der Waals surface area contributed by atoms with Crippen LogP contribution in [0.1, 0.15) is 128 Å². The van der Waals surface area contributed by atoms with Crippen molar-refractivity contribution in [1.82, 2.24) is 10.3 Å². The molecule has 0 atom stereocenters. The second-order valence-corrected chi connectivity index (χ2v) is 10.9. The van der Waals surface area contributed by atoms with Crippen molar-refractivity contribution in [2.75, 3.05) is 5.32 Å². The van der Waals surface area contributed by atoms with Crippen molar-refractivity contribution in [3.8, 4) is 0 Å². The van der Waals surface area contributed by atoms with Crippen molar-refractivity contribution in [2.45, 2.75) is 117 Å². The number of nitrogens with zero attached hydrogens (tertiary/aromatic N) is 1. The number of carbonyl (C=O) groups excluding carboxylic acids is 1. The minimum absolute atomic E-state index is 0.0208. The maximum absolute atomic E-state index is 12.7. The van der Waals surface area contributed by atoms with E-state index < -0.39 is 68.9 Å². The van der Waals surface area contributed by atoms with Crippen LogP contribution in [-0.4, -0.2) is 27.8 Å². The Morgan fingerprint density at radius 2 is 1.84 bits per heavy atom. The Morgan fingerprint density at radius 1 is 1.19 bits per heavy atom. The summed E-state index contributed by atoms with van der Waals surface area (Å²) in [4.78, 5) is 17.5. The average Bonchev–Trinajstić information content (AvgIpc) is 2.80. The molecule has 0 aromatic carbocycles. The van der Waals surface area contributed by atoms with Gasteiger partial charge in [-0.25, -0.2) is 4.79 Å². The number of hydrogen-bond donors (Lipinski definition) is 2. The quantitative estimate of drug-likeness (QED) is 0.515. The molecule has 0 unspecified atom stereocenters. The summed E-state index contributed by atoms with van der Waals surface area (Å²) in [6, 6.07) is 2.95. The normalized spacial score (nSPS) is 29.8. The molecule has 32 heavy (non-hydrogen) atoms. The maximum atomic E-state index is 12.7. The van der Waals surface area contributed by atoms with E-state index in [2.05, 4.69) is 24.5 Å². The van der Waals surface area contributed by atoms with Gasteiger partial charge in [0.15, 0.2) is 0 Å². The van der Waals surface area contributed by atoms with Gasteiger partial charge < -0.3 is 10.1 Å². The first-order chi connectivity index (χ1) is 19.5. The average molecular weight is 454 g/mol. The number of pyridine rings is 1. The van der Waals surface area contributed by atoms with Gasteiger partial charge >= 0.3 is 6.09 Å². The molecule has 0 radical (unpaired) electrons. The van der Waals surface area contributed by atoms with Gasteiger partial charge in [0, 0.05) is 39.1 Å². The van der Waals surface area contributed by atoms with Crippen LogP contribution in [0.4, 0.5) is 10.5 Å². The molecular formula is C27H43N3O2. The summed E-state index contributed by atoms with van der Waals surface area (Å²) in [6.07, 6.45) is 2.07. The van der Waals surface area contributed by atoms with Crippen LogP contribution in [0.25, 0.3) is 5.57 Å². The Labute approximate surface area is 211 Å². The van der Waals surface area contributed by atoms with E-state index >= 15 is 0 Å². The summed E-state index contributed by atoms with van der Waals surface area (Å²) >= 11 is 0. The van der Waals surface area contributed by atoms with Gasteiger partial charge in [-0.3, -0.25) is 10.3 Å². The fraction of sp³-hybridized carbons (Fsp3) is 0.704. The molecule has 178 valence electrons. The molecule has 5 nitrogen and oxygen atoms in total. The number of allylic oxidation sites excluding steroid dienone is 2. The SMILES string of the molecule is [2H]C([2H])([2H])C1(C([2H])([2H])[2H])CC(c2ccc(NC(=O)OC(C)(C)C)c(C3=CCC(C)(C)CC3)n2)CC(C([2H])([2H])[2H])(C([2H])([2H])[2H])N1. The highest BCUT2D eigenvalue weighted by atomic mass is 16.6. The van der Waals surface area contributed by atoms with E-state index in [1.165, 1.54) is 12.1 Å². The Bertz CT molecular complexity index is 1200. The largest absolute Gasteiger partial charge is 0.444 e. The number of amides is 1. The lowest BCUT2D eigenvalue weighted by Crippen LogP contribution is -2.57. The number of nitrogens with one attached hydrogen (secondary N) is 2. The lowest BCUT2D eigenvalue weighted by atomic mass is 9.74. The third-order valence-electron chi connectivity index (χ3n) is 5.78. The predicted molar refractivity (Wildman–Crippen MR) is 133 cm³/mol. The number of rotatable bonds is 3. The molecule has 2 heterocycles. The molecule has 1 fully saturated rings. The van der Waals surface area contributed by atoms with E-state index in [4.69, 9.17) is 26.2 Å². The second-order valence-electron chi connectivity index (χ2n) is 10.9. The minimum Gasteiger partial charge on any atom is -0.444 e. The van der Waals surface area contributed by atoms with Crippen LogP contribution in [0, 0.1) is 5.41 Å². The van der Waals surface area contributed by atoms with Crippen molar-refractivity contribution in [1.29, 1.82) is 0 Å². The van der Waals surface area contributed by atoms with Crippen LogP contribution in [0.5, 0.6) is 0 Å². The van der Waals surface area contributed by atoms with E-state index in [1.807, 2.05) is 6.08 Å². The van der Waals surface area contributed by atoms with E-state index in [-0.39, 0.29) is 11.1 Å². The summed E-state index contributed by atoms with van der Waals surface area (Å²) in [7, 11) is 0. The zero-order chi connectivity index (χ0) is 33.9. The fourth-order valence-corrected chi connectivity index (χ4v) is 4.24. The first-order valence-electron chi connectivity index (χ1n) is 17.0. The van der Waals surface area contributed by atoms with Gasteiger partial charge in [0.25, 0.3) is 0 Å². The van der Waals surface area contributed by atoms with Gasteiger partial charge in [0.1, 0.15) is 5.60 Å². The number of ether oxygens (including phenoxy) is 1. The number of hydrogen-bond acceptors (Lipinski definition) is 4. The first-order valence-corrected chi connectivity index (χ1v) is 11.0. The van der Waals surface area contributed by atoms with Gasteiger partial charge in [0.2, 0.25) is 0 Å². The minimum atomic E-state index is -3.32. The van der Waals surface area contributed by atoms with Gasteiger partial charge in [-0.15, -0.1) is 0 Å². The van der Waals surface area contributed by atoms with Crippen LogP contribution in [0.3, 0.4) is 0 Å². The fourth-order valence-electron chi connectivity index (χ4n) is 4.24. The molecule has 2 aliphatic rings. The highest BCUT2D eigenvalue weighted by Crippen LogP contribution is 2.42. The van der Waals surface area contributed by atoms with E-state index in [9.17, 15) is 4.79 Å². The van der Waals surface area contributed by atoms with E-state index in [1.54, 1.807) is 20.8 Å². The summed E-state index contributed by atoms with van der Waals surface area (Å²) in [6.45, 7) is -3.93. The van der Waals surface area contributed by atoms with Crippen molar-refractivity contribution in [3.05, 3.63) is 29.6 Å². The van der Waals surface area contributed by atoms with Crippen molar-refractivity contribution in [2.24, 2.45) is 5.41 Å². The molecule has 0 spiro atoms. The Kier molecular flexibility index (Phi) is 3.48. The number of anilines is 1. The molecule has 1 aliphatic heterocycles. The maximum Gasteiger partial charge on any atom is 0.412 e. The van der Waals surface area contributed by atoms with Crippen molar-refractivity contribution in [3.63, 3.8) is 0 Å².